The van der Waals surface area contributed by atoms with Crippen LogP contribution in [0.4, 0.5) is 22.9 Å². The van der Waals surface area contributed by atoms with E-state index in [0.717, 1.165) is 5.69 Å². The van der Waals surface area contributed by atoms with Gasteiger partial charge in [0.2, 0.25) is 0 Å². The van der Waals surface area contributed by atoms with Crippen molar-refractivity contribution in [3.05, 3.63) is 94.8 Å². The van der Waals surface area contributed by atoms with E-state index in [2.05, 4.69) is 25.6 Å². The molecule has 10 nitrogen and oxygen atoms in total. The molecular formula is C21H17N7O3. The first kappa shape index (κ1) is 19.7. The first-order chi connectivity index (χ1) is 15.0. The lowest BCUT2D eigenvalue weighted by Gasteiger charge is -2.10. The maximum absolute atomic E-state index is 12.4. The van der Waals surface area contributed by atoms with Crippen LogP contribution >= 0.6 is 0 Å². The van der Waals surface area contributed by atoms with E-state index >= 15 is 0 Å². The van der Waals surface area contributed by atoms with Crippen LogP contribution in [0.2, 0.25) is 0 Å². The summed E-state index contributed by atoms with van der Waals surface area (Å²) >= 11 is 0. The third-order valence-electron chi connectivity index (χ3n) is 4.33. The Hall–Kier alpha value is -4.60. The molecule has 2 aromatic heterocycles. The van der Waals surface area contributed by atoms with Crippen molar-refractivity contribution < 1.29 is 9.72 Å². The number of nitro benzene ring substituents is 1. The quantitative estimate of drug-likeness (QED) is 0.361. The molecule has 0 bridgehead atoms. The van der Waals surface area contributed by atoms with Crippen LogP contribution in [0.1, 0.15) is 16.2 Å². The smallest absolute Gasteiger partial charge is 0.270 e. The third kappa shape index (κ3) is 4.70. The number of hydrogen-bond acceptors (Lipinski definition) is 7. The Bertz CT molecular complexity index is 1240. The first-order valence-corrected chi connectivity index (χ1v) is 9.25. The summed E-state index contributed by atoms with van der Waals surface area (Å²) in [6, 6.07) is 14.4. The molecule has 0 atom stereocenters. The van der Waals surface area contributed by atoms with Gasteiger partial charge >= 0.3 is 0 Å². The number of nitrogens with one attached hydrogen (secondary N) is 2. The van der Waals surface area contributed by atoms with Crippen molar-refractivity contribution in [3.8, 4) is 5.82 Å². The van der Waals surface area contributed by atoms with Crippen molar-refractivity contribution in [1.29, 1.82) is 0 Å². The van der Waals surface area contributed by atoms with E-state index in [-0.39, 0.29) is 11.3 Å². The Kier molecular flexibility index (Phi) is 5.35. The number of rotatable bonds is 6. The number of carbonyl (C=O) groups is 1. The summed E-state index contributed by atoms with van der Waals surface area (Å²) in [5.41, 5.74) is 1.39. The predicted molar refractivity (Wildman–Crippen MR) is 115 cm³/mol. The van der Waals surface area contributed by atoms with Gasteiger partial charge in [0.05, 0.1) is 4.92 Å². The van der Waals surface area contributed by atoms with Crippen LogP contribution in [-0.2, 0) is 0 Å². The summed E-state index contributed by atoms with van der Waals surface area (Å²) in [6.07, 6.45) is 5.12. The van der Waals surface area contributed by atoms with E-state index in [1.807, 2.05) is 0 Å². The van der Waals surface area contributed by atoms with E-state index in [1.165, 1.54) is 24.3 Å². The second-order valence-corrected chi connectivity index (χ2v) is 6.59. The topological polar surface area (TPSA) is 128 Å². The van der Waals surface area contributed by atoms with E-state index in [0.29, 0.717) is 23.1 Å². The number of carbonyl (C=O) groups excluding carboxylic acids is 1. The van der Waals surface area contributed by atoms with Gasteiger partial charge in [0.15, 0.2) is 0 Å². The predicted octanol–water partition coefficient (Wildman–Crippen LogP) is 3.87. The second kappa shape index (κ2) is 8.41. The summed E-state index contributed by atoms with van der Waals surface area (Å²) in [4.78, 5) is 35.5. The van der Waals surface area contributed by atoms with Crippen LogP contribution in [0.15, 0.2) is 73.3 Å². The number of benzene rings is 2. The van der Waals surface area contributed by atoms with Gasteiger partial charge in [-0.1, -0.05) is 6.07 Å². The summed E-state index contributed by atoms with van der Waals surface area (Å²) in [5, 5.41) is 16.8. The molecule has 0 aliphatic carbocycles. The number of nitro groups is 1. The van der Waals surface area contributed by atoms with Crippen molar-refractivity contribution in [2.45, 2.75) is 6.92 Å². The standard InChI is InChI=1S/C21H17N7O3/c1-14-23-19(12-20(24-14)27-10-9-22-13-27)25-16-5-7-17(8-6-16)26-21(29)15-3-2-4-18(11-15)28(30)31/h2-13H,1H3,(H,26,29)(H,23,24,25). The molecule has 0 radical (unpaired) electrons. The Morgan fingerprint density at radius 1 is 1.06 bits per heavy atom. The van der Waals surface area contributed by atoms with Crippen LogP contribution in [0.3, 0.4) is 0 Å². The maximum Gasteiger partial charge on any atom is 0.270 e. The van der Waals surface area contributed by atoms with E-state index in [9.17, 15) is 14.9 Å². The number of nitrogens with zero attached hydrogens (tertiary/aromatic N) is 5. The molecule has 10 heteroatoms. The highest BCUT2D eigenvalue weighted by molar-refractivity contribution is 6.04. The average molecular weight is 415 g/mol. The molecule has 0 aliphatic rings. The first-order valence-electron chi connectivity index (χ1n) is 9.25. The molecule has 0 saturated carbocycles. The molecule has 2 heterocycles. The maximum atomic E-state index is 12.4. The molecule has 0 unspecified atom stereocenters. The Morgan fingerprint density at radius 3 is 2.55 bits per heavy atom. The molecule has 0 fully saturated rings. The van der Waals surface area contributed by atoms with Crippen LogP contribution in [0.5, 0.6) is 0 Å². The molecular weight excluding hydrogens is 398 g/mol. The van der Waals surface area contributed by atoms with Gasteiger partial charge in [0, 0.05) is 47.5 Å². The van der Waals surface area contributed by atoms with Crippen molar-refractivity contribution in [2.24, 2.45) is 0 Å². The van der Waals surface area contributed by atoms with Crippen LogP contribution < -0.4 is 10.6 Å². The van der Waals surface area contributed by atoms with Crippen molar-refractivity contribution >= 4 is 28.8 Å². The Balaban J connectivity index is 1.46. The largest absolute Gasteiger partial charge is 0.340 e. The van der Waals surface area contributed by atoms with Crippen molar-refractivity contribution in [2.75, 3.05) is 10.6 Å². The number of aryl methyl sites for hydroxylation is 1. The number of anilines is 3. The highest BCUT2D eigenvalue weighted by atomic mass is 16.6. The van der Waals surface area contributed by atoms with Gasteiger partial charge in [-0.15, -0.1) is 0 Å². The fraction of sp³-hybridized carbons (Fsp3) is 0.0476. The van der Waals surface area contributed by atoms with E-state index < -0.39 is 10.8 Å². The summed E-state index contributed by atoms with van der Waals surface area (Å²) in [7, 11) is 0. The van der Waals surface area contributed by atoms with Crippen LogP contribution in [-0.4, -0.2) is 30.3 Å². The zero-order valence-electron chi connectivity index (χ0n) is 16.4. The molecule has 1 amide bonds. The minimum absolute atomic E-state index is 0.137. The van der Waals surface area contributed by atoms with Crippen molar-refractivity contribution in [3.63, 3.8) is 0 Å². The fourth-order valence-electron chi connectivity index (χ4n) is 2.89. The van der Waals surface area contributed by atoms with Gasteiger partial charge in [-0.3, -0.25) is 19.5 Å². The van der Waals surface area contributed by atoms with Crippen molar-refractivity contribution in [1.82, 2.24) is 19.5 Å². The molecule has 0 spiro atoms. The second-order valence-electron chi connectivity index (χ2n) is 6.59. The fourth-order valence-corrected chi connectivity index (χ4v) is 2.89. The molecule has 4 aromatic rings. The Labute approximate surface area is 176 Å². The molecule has 0 saturated heterocycles. The minimum Gasteiger partial charge on any atom is -0.340 e. The van der Waals surface area contributed by atoms with E-state index in [4.69, 9.17) is 0 Å². The molecule has 2 N–H and O–H groups in total. The van der Waals surface area contributed by atoms with Gasteiger partial charge < -0.3 is 10.6 Å². The average Bonchev–Trinajstić information content (AvgIpc) is 3.30. The number of imidazole rings is 1. The van der Waals surface area contributed by atoms with E-state index in [1.54, 1.807) is 60.5 Å². The lowest BCUT2D eigenvalue weighted by Crippen LogP contribution is -2.12. The lowest BCUT2D eigenvalue weighted by molar-refractivity contribution is -0.384. The molecule has 2 aromatic carbocycles. The zero-order valence-corrected chi connectivity index (χ0v) is 16.4. The van der Waals surface area contributed by atoms with Gasteiger partial charge in [-0.05, 0) is 37.3 Å². The summed E-state index contributed by atoms with van der Waals surface area (Å²) < 4.78 is 1.78. The highest BCUT2D eigenvalue weighted by Gasteiger charge is 2.12. The third-order valence-corrected chi connectivity index (χ3v) is 4.33. The van der Waals surface area contributed by atoms with Gasteiger partial charge in [0.1, 0.15) is 23.8 Å². The van der Waals surface area contributed by atoms with Gasteiger partial charge in [-0.25, -0.2) is 15.0 Å². The molecule has 4 rings (SSSR count). The number of aromatic nitrogens is 4. The minimum atomic E-state index is -0.537. The lowest BCUT2D eigenvalue weighted by atomic mass is 10.2. The summed E-state index contributed by atoms with van der Waals surface area (Å²) in [5.74, 6) is 1.48. The number of amides is 1. The monoisotopic (exact) mass is 415 g/mol. The normalized spacial score (nSPS) is 10.5. The van der Waals surface area contributed by atoms with Crippen LogP contribution in [0, 0.1) is 17.0 Å². The molecule has 154 valence electrons. The molecule has 31 heavy (non-hydrogen) atoms. The van der Waals surface area contributed by atoms with Gasteiger partial charge in [0.25, 0.3) is 11.6 Å². The molecule has 0 aliphatic heterocycles. The Morgan fingerprint density at radius 2 is 1.84 bits per heavy atom. The number of hydrogen-bond donors (Lipinski definition) is 2. The highest BCUT2D eigenvalue weighted by Crippen LogP contribution is 2.20. The summed E-state index contributed by atoms with van der Waals surface area (Å²) in [6.45, 7) is 1.80. The van der Waals surface area contributed by atoms with Gasteiger partial charge in [-0.2, -0.15) is 0 Å². The SMILES string of the molecule is Cc1nc(Nc2ccc(NC(=O)c3cccc([N+](=O)[O-])c3)cc2)cc(-n2ccnc2)n1. The number of non-ortho nitro benzene ring substituents is 1. The van der Waals surface area contributed by atoms with Crippen LogP contribution in [0.25, 0.3) is 5.82 Å². The zero-order chi connectivity index (χ0) is 21.8.